The van der Waals surface area contributed by atoms with Gasteiger partial charge in [-0.15, -0.1) is 11.3 Å². The maximum Gasteiger partial charge on any atom is 0.443 e. The van der Waals surface area contributed by atoms with Crippen molar-refractivity contribution in [2.24, 2.45) is 0 Å². The first-order chi connectivity index (χ1) is 8.02. The Labute approximate surface area is 99.3 Å². The van der Waals surface area contributed by atoms with Crippen molar-refractivity contribution >= 4 is 11.3 Å². The van der Waals surface area contributed by atoms with Crippen molar-refractivity contribution in [3.63, 3.8) is 0 Å². The van der Waals surface area contributed by atoms with Crippen LogP contribution >= 0.6 is 11.3 Å². The Bertz CT molecular complexity index is 478. The highest BCUT2D eigenvalue weighted by Crippen LogP contribution is 2.35. The van der Waals surface area contributed by atoms with E-state index in [0.29, 0.717) is 16.2 Å². The molecular weight excluding hydrogens is 253 g/mol. The number of halogens is 3. The lowest BCUT2D eigenvalue weighted by molar-refractivity contribution is -0.137. The fourth-order valence-electron chi connectivity index (χ4n) is 1.46. The van der Waals surface area contributed by atoms with Crippen LogP contribution in [0.3, 0.4) is 0 Å². The zero-order valence-electron chi connectivity index (χ0n) is 8.78. The second-order valence-corrected chi connectivity index (χ2v) is 4.41. The highest BCUT2D eigenvalue weighted by Gasteiger charge is 2.35. The number of rotatable bonds is 3. The van der Waals surface area contributed by atoms with Crippen LogP contribution in [0.25, 0.3) is 0 Å². The molecule has 92 valence electrons. The van der Waals surface area contributed by atoms with E-state index < -0.39 is 11.2 Å². The van der Waals surface area contributed by atoms with Gasteiger partial charge in [0.1, 0.15) is 0 Å². The molecule has 2 heterocycles. The van der Waals surface area contributed by atoms with Gasteiger partial charge in [-0.25, -0.2) is 4.98 Å². The summed E-state index contributed by atoms with van der Waals surface area (Å²) in [5.41, 5.74) is 0.768. The van der Waals surface area contributed by atoms with Crippen molar-refractivity contribution in [2.45, 2.75) is 12.2 Å². The van der Waals surface area contributed by atoms with Crippen LogP contribution in [0.4, 0.5) is 13.2 Å². The first-order valence-electron chi connectivity index (χ1n) is 4.74. The number of nitrogens with zero attached hydrogens (tertiary/aromatic N) is 1. The van der Waals surface area contributed by atoms with Crippen molar-refractivity contribution in [1.29, 1.82) is 0 Å². The molecule has 1 atom stereocenters. The maximum absolute atomic E-state index is 12.4. The molecule has 2 rings (SSSR count). The molecule has 0 saturated heterocycles. The number of alkyl halides is 3. The minimum Gasteiger partial charge on any atom is -0.472 e. The third-order valence-electron chi connectivity index (χ3n) is 2.22. The molecule has 0 bridgehead atoms. The zero-order chi connectivity index (χ0) is 12.5. The molecule has 2 aromatic rings. The van der Waals surface area contributed by atoms with Gasteiger partial charge in [-0.05, 0) is 13.1 Å². The number of thiazole rings is 1. The molecule has 0 saturated carbocycles. The number of hydrogen-bond donors (Lipinski definition) is 1. The Kier molecular flexibility index (Phi) is 3.21. The van der Waals surface area contributed by atoms with Crippen LogP contribution in [0.1, 0.15) is 21.5 Å². The Morgan fingerprint density at radius 2 is 2.24 bits per heavy atom. The molecule has 0 aliphatic heterocycles. The van der Waals surface area contributed by atoms with E-state index in [2.05, 4.69) is 10.3 Å². The van der Waals surface area contributed by atoms with Gasteiger partial charge in [-0.3, -0.25) is 0 Å². The van der Waals surface area contributed by atoms with Crippen LogP contribution in [0, 0.1) is 0 Å². The van der Waals surface area contributed by atoms with E-state index in [4.69, 9.17) is 4.42 Å². The van der Waals surface area contributed by atoms with Crippen LogP contribution in [0.5, 0.6) is 0 Å². The lowest BCUT2D eigenvalue weighted by Gasteiger charge is -2.11. The topological polar surface area (TPSA) is 38.1 Å². The molecule has 1 unspecified atom stereocenters. The summed E-state index contributed by atoms with van der Waals surface area (Å²) >= 11 is 0.630. The predicted molar refractivity (Wildman–Crippen MR) is 56.7 cm³/mol. The molecule has 0 fully saturated rings. The van der Waals surface area contributed by atoms with Gasteiger partial charge in [-0.1, -0.05) is 0 Å². The summed E-state index contributed by atoms with van der Waals surface area (Å²) in [4.78, 5) is 3.89. The van der Waals surface area contributed by atoms with E-state index in [0.717, 1.165) is 5.56 Å². The molecule has 0 amide bonds. The minimum atomic E-state index is -4.39. The average Bonchev–Trinajstić information content (AvgIpc) is 2.87. The van der Waals surface area contributed by atoms with E-state index in [1.165, 1.54) is 18.7 Å². The van der Waals surface area contributed by atoms with Crippen LogP contribution in [-0.2, 0) is 6.18 Å². The molecule has 7 heteroatoms. The Morgan fingerprint density at radius 1 is 1.47 bits per heavy atom. The lowest BCUT2D eigenvalue weighted by Crippen LogP contribution is -2.15. The largest absolute Gasteiger partial charge is 0.472 e. The molecule has 2 aromatic heterocycles. The second-order valence-electron chi connectivity index (χ2n) is 3.34. The van der Waals surface area contributed by atoms with Gasteiger partial charge in [0.2, 0.25) is 0 Å². The zero-order valence-corrected chi connectivity index (χ0v) is 9.60. The number of hydrogen-bond acceptors (Lipinski definition) is 4. The van der Waals surface area contributed by atoms with Gasteiger partial charge in [0.05, 0.1) is 18.6 Å². The fraction of sp³-hybridized carbons (Fsp3) is 0.300. The summed E-state index contributed by atoms with van der Waals surface area (Å²) < 4.78 is 42.2. The molecule has 0 radical (unpaired) electrons. The fourth-order valence-corrected chi connectivity index (χ4v) is 2.39. The Morgan fingerprint density at radius 3 is 2.71 bits per heavy atom. The molecule has 0 spiro atoms. The highest BCUT2D eigenvalue weighted by molar-refractivity contribution is 7.11. The van der Waals surface area contributed by atoms with Gasteiger partial charge in [-0.2, -0.15) is 13.2 Å². The molecule has 0 aliphatic carbocycles. The summed E-state index contributed by atoms with van der Waals surface area (Å²) in [6.07, 6.45) is -0.182. The van der Waals surface area contributed by atoms with Gasteiger partial charge < -0.3 is 9.73 Å². The molecule has 0 aromatic carbocycles. The maximum atomic E-state index is 12.4. The second kappa shape index (κ2) is 4.50. The third kappa shape index (κ3) is 2.50. The van der Waals surface area contributed by atoms with Gasteiger partial charge in [0, 0.05) is 16.6 Å². The monoisotopic (exact) mass is 262 g/mol. The Hall–Kier alpha value is -1.34. The SMILES string of the molecule is CNC(c1ccoc1)c1cnc(C(F)(F)F)s1. The van der Waals surface area contributed by atoms with Gasteiger partial charge in [0.25, 0.3) is 0 Å². The van der Waals surface area contributed by atoms with Crippen molar-refractivity contribution < 1.29 is 17.6 Å². The number of nitrogens with one attached hydrogen (secondary N) is 1. The normalized spacial score (nSPS) is 13.9. The smallest absolute Gasteiger partial charge is 0.443 e. The van der Waals surface area contributed by atoms with Crippen molar-refractivity contribution in [1.82, 2.24) is 10.3 Å². The molecule has 17 heavy (non-hydrogen) atoms. The van der Waals surface area contributed by atoms with E-state index in [9.17, 15) is 13.2 Å². The van der Waals surface area contributed by atoms with Crippen LogP contribution < -0.4 is 5.32 Å². The minimum absolute atomic E-state index is 0.331. The molecule has 0 aliphatic rings. The summed E-state index contributed by atoms with van der Waals surface area (Å²) in [6, 6.07) is 1.37. The molecule has 3 nitrogen and oxygen atoms in total. The van der Waals surface area contributed by atoms with Crippen LogP contribution in [0.2, 0.25) is 0 Å². The summed E-state index contributed by atoms with van der Waals surface area (Å²) in [5, 5.41) is 2.09. The van der Waals surface area contributed by atoms with Crippen molar-refractivity contribution in [3.05, 3.63) is 40.2 Å². The average molecular weight is 262 g/mol. The summed E-state index contributed by atoms with van der Waals surface area (Å²) in [5.74, 6) is 0. The van der Waals surface area contributed by atoms with Crippen LogP contribution in [0.15, 0.2) is 29.2 Å². The van der Waals surface area contributed by atoms with E-state index >= 15 is 0 Å². The van der Waals surface area contributed by atoms with Gasteiger partial charge >= 0.3 is 6.18 Å². The van der Waals surface area contributed by atoms with Crippen molar-refractivity contribution in [3.8, 4) is 0 Å². The quantitative estimate of drug-likeness (QED) is 0.923. The number of furan rings is 1. The molecule has 1 N–H and O–H groups in total. The van der Waals surface area contributed by atoms with E-state index in [-0.39, 0.29) is 6.04 Å². The highest BCUT2D eigenvalue weighted by atomic mass is 32.1. The van der Waals surface area contributed by atoms with E-state index in [1.807, 2.05) is 0 Å². The van der Waals surface area contributed by atoms with Crippen LogP contribution in [-0.4, -0.2) is 12.0 Å². The van der Waals surface area contributed by atoms with Gasteiger partial charge in [0.15, 0.2) is 5.01 Å². The lowest BCUT2D eigenvalue weighted by atomic mass is 10.1. The number of aromatic nitrogens is 1. The Balaban J connectivity index is 2.30. The van der Waals surface area contributed by atoms with E-state index in [1.54, 1.807) is 13.1 Å². The first kappa shape index (κ1) is 12.1. The standard InChI is InChI=1S/C10H9F3N2OS/c1-14-8(6-2-3-16-5-6)7-4-15-9(17-7)10(11,12)13/h2-5,8,14H,1H3. The third-order valence-corrected chi connectivity index (χ3v) is 3.32. The summed E-state index contributed by atoms with van der Waals surface area (Å²) in [7, 11) is 1.67. The van der Waals surface area contributed by atoms with Crippen molar-refractivity contribution in [2.75, 3.05) is 7.05 Å². The summed E-state index contributed by atoms with van der Waals surface area (Å²) in [6.45, 7) is 0. The molecular formula is C10H9F3N2OS. The predicted octanol–water partition coefficient (Wildman–Crippen LogP) is 3.06. The first-order valence-corrected chi connectivity index (χ1v) is 5.56.